The number of ether oxygens (including phenoxy) is 3. The first-order valence-electron chi connectivity index (χ1n) is 11.7. The maximum absolute atomic E-state index is 5.58. The van der Waals surface area contributed by atoms with Gasteiger partial charge in [0.25, 0.3) is 0 Å². The molecule has 0 radical (unpaired) electrons. The molecular weight excluding hydrogens is 519 g/mol. The number of piperidine rings is 1. The molecule has 2 saturated heterocycles. The Morgan fingerprint density at radius 1 is 1.03 bits per heavy atom. The van der Waals surface area contributed by atoms with Crippen LogP contribution < -0.4 is 19.5 Å². The van der Waals surface area contributed by atoms with E-state index in [9.17, 15) is 0 Å². The molecule has 3 rings (SSSR count). The van der Waals surface area contributed by atoms with Gasteiger partial charge in [-0.25, -0.2) is 0 Å². The predicted octanol–water partition coefficient (Wildman–Crippen LogP) is 3.65. The van der Waals surface area contributed by atoms with Crippen molar-refractivity contribution in [3.05, 3.63) is 17.7 Å². The molecule has 0 aliphatic carbocycles. The van der Waals surface area contributed by atoms with E-state index >= 15 is 0 Å². The number of nitrogens with one attached hydrogen (secondary N) is 1. The van der Waals surface area contributed by atoms with Crippen molar-refractivity contribution < 1.29 is 14.2 Å². The quantitative estimate of drug-likeness (QED) is 0.283. The van der Waals surface area contributed by atoms with Gasteiger partial charge in [-0.3, -0.25) is 4.99 Å². The largest absolute Gasteiger partial charge is 0.496 e. The second-order valence-electron chi connectivity index (χ2n) is 8.46. The normalized spacial score (nSPS) is 19.4. The highest BCUT2D eigenvalue weighted by Crippen LogP contribution is 2.34. The molecule has 1 atom stereocenters. The van der Waals surface area contributed by atoms with Crippen molar-refractivity contribution in [1.29, 1.82) is 0 Å². The summed E-state index contributed by atoms with van der Waals surface area (Å²) < 4.78 is 16.5. The van der Waals surface area contributed by atoms with E-state index in [0.29, 0.717) is 6.54 Å². The van der Waals surface area contributed by atoms with E-state index in [0.717, 1.165) is 60.7 Å². The molecular formula is C24H41IN4O3. The van der Waals surface area contributed by atoms with E-state index in [1.165, 1.54) is 45.3 Å². The van der Waals surface area contributed by atoms with Crippen molar-refractivity contribution in [1.82, 2.24) is 15.1 Å². The molecule has 2 aliphatic heterocycles. The lowest BCUT2D eigenvalue weighted by Gasteiger charge is -2.29. The fraction of sp³-hybridized carbons (Fsp3) is 0.708. The number of guanidine groups is 1. The van der Waals surface area contributed by atoms with E-state index in [2.05, 4.69) is 22.0 Å². The highest BCUT2D eigenvalue weighted by Gasteiger charge is 2.27. The van der Waals surface area contributed by atoms with Crippen LogP contribution in [0.5, 0.6) is 17.2 Å². The van der Waals surface area contributed by atoms with Crippen molar-refractivity contribution in [2.75, 3.05) is 67.1 Å². The maximum atomic E-state index is 5.58. The maximum Gasteiger partial charge on any atom is 0.193 e. The molecule has 182 valence electrons. The van der Waals surface area contributed by atoms with E-state index in [-0.39, 0.29) is 24.0 Å². The first-order chi connectivity index (χ1) is 15.2. The van der Waals surface area contributed by atoms with Gasteiger partial charge in [0.2, 0.25) is 0 Å². The SMILES string of the molecule is CCNC(=NCCc1c(OC)cc(OC)cc1OC)N1CCC(CN2CCCCC2)C1.I. The fourth-order valence-corrected chi connectivity index (χ4v) is 4.70. The van der Waals surface area contributed by atoms with E-state index in [1.807, 2.05) is 12.1 Å². The van der Waals surface area contributed by atoms with Crippen LogP contribution in [0.15, 0.2) is 17.1 Å². The van der Waals surface area contributed by atoms with Crippen molar-refractivity contribution in [2.45, 2.75) is 39.0 Å². The van der Waals surface area contributed by atoms with E-state index in [1.54, 1.807) is 21.3 Å². The smallest absolute Gasteiger partial charge is 0.193 e. The second-order valence-corrected chi connectivity index (χ2v) is 8.46. The highest BCUT2D eigenvalue weighted by molar-refractivity contribution is 14.0. The molecule has 0 bridgehead atoms. The van der Waals surface area contributed by atoms with Crippen molar-refractivity contribution in [3.63, 3.8) is 0 Å². The van der Waals surface area contributed by atoms with Crippen LogP contribution in [0.3, 0.4) is 0 Å². The van der Waals surface area contributed by atoms with Crippen molar-refractivity contribution in [3.8, 4) is 17.2 Å². The minimum Gasteiger partial charge on any atom is -0.496 e. The third kappa shape index (κ3) is 7.30. The standard InChI is InChI=1S/C24H40N4O3.HI/c1-5-25-24(28-14-10-19(18-28)17-27-12-7-6-8-13-27)26-11-9-21-22(30-3)15-20(29-2)16-23(21)31-4;/h15-16,19H,5-14,17-18H2,1-4H3,(H,25,26);1H. The minimum absolute atomic E-state index is 0. The number of likely N-dealkylation sites (tertiary alicyclic amines) is 2. The lowest BCUT2D eigenvalue weighted by atomic mass is 10.1. The summed E-state index contributed by atoms with van der Waals surface area (Å²) in [6.07, 6.45) is 6.11. The summed E-state index contributed by atoms with van der Waals surface area (Å²) in [4.78, 5) is 10.0. The Balaban J connectivity index is 0.00000363. The summed E-state index contributed by atoms with van der Waals surface area (Å²) in [6.45, 7) is 9.64. The van der Waals surface area contributed by atoms with Crippen LogP contribution >= 0.6 is 24.0 Å². The number of halogens is 1. The van der Waals surface area contributed by atoms with Gasteiger partial charge >= 0.3 is 0 Å². The first-order valence-corrected chi connectivity index (χ1v) is 11.7. The number of methoxy groups -OCH3 is 3. The van der Waals surface area contributed by atoms with Crippen LogP contribution in [-0.2, 0) is 6.42 Å². The van der Waals surface area contributed by atoms with Gasteiger partial charge in [-0.1, -0.05) is 6.42 Å². The summed E-state index contributed by atoms with van der Waals surface area (Å²) in [5.41, 5.74) is 1.02. The third-order valence-electron chi connectivity index (χ3n) is 6.33. The molecule has 7 nitrogen and oxygen atoms in total. The number of hydrogen-bond acceptors (Lipinski definition) is 5. The molecule has 0 saturated carbocycles. The van der Waals surface area contributed by atoms with Crippen LogP contribution in [0.4, 0.5) is 0 Å². The van der Waals surface area contributed by atoms with Gasteiger partial charge in [-0.2, -0.15) is 0 Å². The zero-order chi connectivity index (χ0) is 22.1. The lowest BCUT2D eigenvalue weighted by molar-refractivity contribution is 0.198. The number of aliphatic imine (C=N–C) groups is 1. The fourth-order valence-electron chi connectivity index (χ4n) is 4.70. The molecule has 0 amide bonds. The zero-order valence-electron chi connectivity index (χ0n) is 20.2. The van der Waals surface area contributed by atoms with Crippen molar-refractivity contribution in [2.24, 2.45) is 10.9 Å². The highest BCUT2D eigenvalue weighted by atomic mass is 127. The summed E-state index contributed by atoms with van der Waals surface area (Å²) in [7, 11) is 5.00. The molecule has 1 aromatic rings. The van der Waals surface area contributed by atoms with Gasteiger partial charge in [0.05, 0.1) is 21.3 Å². The topological polar surface area (TPSA) is 58.6 Å². The summed E-state index contributed by atoms with van der Waals surface area (Å²) >= 11 is 0. The van der Waals surface area contributed by atoms with Crippen LogP contribution in [0, 0.1) is 5.92 Å². The number of rotatable bonds is 9. The van der Waals surface area contributed by atoms with Crippen LogP contribution in [0.2, 0.25) is 0 Å². The van der Waals surface area contributed by atoms with Crippen molar-refractivity contribution >= 4 is 29.9 Å². The predicted molar refractivity (Wildman–Crippen MR) is 141 cm³/mol. The molecule has 1 unspecified atom stereocenters. The Labute approximate surface area is 210 Å². The average Bonchev–Trinajstić information content (AvgIpc) is 3.27. The summed E-state index contributed by atoms with van der Waals surface area (Å²) in [6, 6.07) is 3.80. The Morgan fingerprint density at radius 3 is 2.31 bits per heavy atom. The number of hydrogen-bond donors (Lipinski definition) is 1. The Bertz CT molecular complexity index is 700. The van der Waals surface area contributed by atoms with Gasteiger partial charge in [0.15, 0.2) is 5.96 Å². The average molecular weight is 561 g/mol. The molecule has 0 spiro atoms. The molecule has 2 fully saturated rings. The Morgan fingerprint density at radius 2 is 1.72 bits per heavy atom. The second kappa shape index (κ2) is 14.0. The van der Waals surface area contributed by atoms with E-state index in [4.69, 9.17) is 19.2 Å². The molecule has 32 heavy (non-hydrogen) atoms. The monoisotopic (exact) mass is 560 g/mol. The number of benzene rings is 1. The Kier molecular flexibility index (Phi) is 11.7. The molecule has 8 heteroatoms. The number of nitrogens with zero attached hydrogens (tertiary/aromatic N) is 3. The van der Waals surface area contributed by atoms with E-state index < -0.39 is 0 Å². The minimum atomic E-state index is 0. The molecule has 1 aromatic carbocycles. The molecule has 1 N–H and O–H groups in total. The van der Waals surface area contributed by atoms with Gasteiger partial charge < -0.3 is 29.3 Å². The third-order valence-corrected chi connectivity index (χ3v) is 6.33. The van der Waals surface area contributed by atoms with Gasteiger partial charge in [0.1, 0.15) is 17.2 Å². The summed E-state index contributed by atoms with van der Waals surface area (Å²) in [5.74, 6) is 4.04. The molecule has 2 heterocycles. The Hall–Kier alpha value is -1.42. The zero-order valence-corrected chi connectivity index (χ0v) is 22.5. The van der Waals surface area contributed by atoms with Crippen LogP contribution in [-0.4, -0.2) is 82.9 Å². The first kappa shape index (κ1) is 26.8. The van der Waals surface area contributed by atoms with Crippen LogP contribution in [0.1, 0.15) is 38.2 Å². The lowest BCUT2D eigenvalue weighted by Crippen LogP contribution is -2.41. The molecule has 0 aromatic heterocycles. The van der Waals surface area contributed by atoms with Crippen LogP contribution in [0.25, 0.3) is 0 Å². The van der Waals surface area contributed by atoms with Gasteiger partial charge in [-0.05, 0) is 51.6 Å². The summed E-state index contributed by atoms with van der Waals surface area (Å²) in [5, 5.41) is 3.49. The van der Waals surface area contributed by atoms with Gasteiger partial charge in [0, 0.05) is 50.4 Å². The molecule has 2 aliphatic rings. The van der Waals surface area contributed by atoms with Gasteiger partial charge in [-0.15, -0.1) is 24.0 Å².